The number of hydrogen-bond donors (Lipinski definition) is 2. The van der Waals surface area contributed by atoms with E-state index in [0.717, 1.165) is 32.1 Å². The van der Waals surface area contributed by atoms with Gasteiger partial charge >= 0.3 is 0 Å². The second-order valence-corrected chi connectivity index (χ2v) is 6.63. The van der Waals surface area contributed by atoms with Crippen LogP contribution >= 0.6 is 0 Å². The van der Waals surface area contributed by atoms with Crippen LogP contribution in [0.3, 0.4) is 0 Å². The molecule has 0 bridgehead atoms. The predicted molar refractivity (Wildman–Crippen MR) is 113 cm³/mol. The lowest BCUT2D eigenvalue weighted by Gasteiger charge is -2.05. The van der Waals surface area contributed by atoms with E-state index in [-0.39, 0.29) is 5.91 Å². The standard InChI is InChI=1S/C23H39NO2/c1-3-4-5-6-7-8-9-10-11-12-13-14-15-16-17-18-19-20-23(26)24-21-22(2)25/h7-8,10-11,13-14,16-17,22,25H,3-6,9,12,15,18-21H2,1-2H3,(H,24,26)/b8-7+,11-10+,14-13+,17-16+/t22-/m1/s1. The Morgan fingerprint density at radius 1 is 0.846 bits per heavy atom. The maximum absolute atomic E-state index is 11.4. The van der Waals surface area contributed by atoms with Crippen molar-refractivity contribution in [3.63, 3.8) is 0 Å². The first kappa shape index (κ1) is 24.4. The molecule has 2 N–H and O–H groups in total. The Morgan fingerprint density at radius 3 is 1.85 bits per heavy atom. The van der Waals surface area contributed by atoms with Crippen LogP contribution in [0.4, 0.5) is 0 Å². The number of nitrogens with one attached hydrogen (secondary N) is 1. The summed E-state index contributed by atoms with van der Waals surface area (Å²) in [6.07, 6.45) is 27.5. The Morgan fingerprint density at radius 2 is 1.35 bits per heavy atom. The first-order valence-electron chi connectivity index (χ1n) is 10.2. The first-order chi connectivity index (χ1) is 12.7. The molecule has 0 radical (unpaired) electrons. The van der Waals surface area contributed by atoms with Crippen molar-refractivity contribution in [2.24, 2.45) is 0 Å². The number of carbonyl (C=O) groups is 1. The summed E-state index contributed by atoms with van der Waals surface area (Å²) in [5.74, 6) is 0.0155. The highest BCUT2D eigenvalue weighted by molar-refractivity contribution is 5.75. The Hall–Kier alpha value is -1.61. The molecule has 3 heteroatoms. The van der Waals surface area contributed by atoms with Crippen LogP contribution in [0.5, 0.6) is 0 Å². The van der Waals surface area contributed by atoms with E-state index in [1.54, 1.807) is 6.92 Å². The van der Waals surface area contributed by atoms with Gasteiger partial charge in [-0.3, -0.25) is 4.79 Å². The Balaban J connectivity index is 3.47. The minimum absolute atomic E-state index is 0.0155. The number of allylic oxidation sites excluding steroid dienone is 8. The van der Waals surface area contributed by atoms with Crippen LogP contribution in [0.15, 0.2) is 48.6 Å². The maximum atomic E-state index is 11.4. The SMILES string of the molecule is CCCCC/C=C/C/C=C/C/C=C/C/C=C/CCCC(=O)NC[C@@H](C)O. The summed E-state index contributed by atoms with van der Waals surface area (Å²) >= 11 is 0. The van der Waals surface area contributed by atoms with E-state index < -0.39 is 6.10 Å². The molecule has 1 amide bonds. The van der Waals surface area contributed by atoms with E-state index in [1.165, 1.54) is 25.7 Å². The van der Waals surface area contributed by atoms with Crippen molar-refractivity contribution >= 4 is 5.91 Å². The van der Waals surface area contributed by atoms with E-state index in [4.69, 9.17) is 5.11 Å². The minimum Gasteiger partial charge on any atom is -0.392 e. The Bertz CT molecular complexity index is 433. The molecule has 1 atom stereocenters. The fourth-order valence-electron chi connectivity index (χ4n) is 2.29. The van der Waals surface area contributed by atoms with Crippen LogP contribution in [0.25, 0.3) is 0 Å². The Labute approximate surface area is 161 Å². The molecule has 3 nitrogen and oxygen atoms in total. The molecule has 0 rings (SSSR count). The molecule has 0 aromatic rings. The fourth-order valence-corrected chi connectivity index (χ4v) is 2.29. The molecule has 0 aromatic heterocycles. The maximum Gasteiger partial charge on any atom is 0.220 e. The van der Waals surface area contributed by atoms with Crippen molar-refractivity contribution in [1.29, 1.82) is 0 Å². The highest BCUT2D eigenvalue weighted by Crippen LogP contribution is 2.01. The van der Waals surface area contributed by atoms with E-state index >= 15 is 0 Å². The average Bonchev–Trinajstić information content (AvgIpc) is 2.62. The summed E-state index contributed by atoms with van der Waals surface area (Å²) in [5, 5.41) is 11.8. The van der Waals surface area contributed by atoms with E-state index in [0.29, 0.717) is 13.0 Å². The molecular formula is C23H39NO2. The molecule has 0 aliphatic heterocycles. The van der Waals surface area contributed by atoms with Crippen LogP contribution < -0.4 is 5.32 Å². The molecular weight excluding hydrogens is 322 g/mol. The third kappa shape index (κ3) is 20.4. The van der Waals surface area contributed by atoms with Gasteiger partial charge in [0.1, 0.15) is 0 Å². The lowest BCUT2D eigenvalue weighted by Crippen LogP contribution is -2.30. The topological polar surface area (TPSA) is 49.3 Å². The second-order valence-electron chi connectivity index (χ2n) is 6.63. The van der Waals surface area contributed by atoms with Gasteiger partial charge in [-0.15, -0.1) is 0 Å². The summed E-state index contributed by atoms with van der Waals surface area (Å²) in [7, 11) is 0. The summed E-state index contributed by atoms with van der Waals surface area (Å²) in [5.41, 5.74) is 0. The van der Waals surface area contributed by atoms with Crippen molar-refractivity contribution in [2.75, 3.05) is 6.54 Å². The van der Waals surface area contributed by atoms with E-state index in [1.807, 2.05) is 0 Å². The molecule has 26 heavy (non-hydrogen) atoms. The summed E-state index contributed by atoms with van der Waals surface area (Å²) in [6.45, 7) is 4.24. The zero-order valence-corrected chi connectivity index (χ0v) is 16.8. The van der Waals surface area contributed by atoms with Crippen LogP contribution in [0, 0.1) is 0 Å². The average molecular weight is 362 g/mol. The number of hydrogen-bond acceptors (Lipinski definition) is 2. The minimum atomic E-state index is -0.479. The number of unbranched alkanes of at least 4 members (excludes halogenated alkanes) is 4. The van der Waals surface area contributed by atoms with Crippen LogP contribution in [-0.2, 0) is 4.79 Å². The fraction of sp³-hybridized carbons (Fsp3) is 0.609. The molecule has 0 aromatic carbocycles. The third-order valence-electron chi connectivity index (χ3n) is 3.83. The van der Waals surface area contributed by atoms with Gasteiger partial charge in [-0.1, -0.05) is 68.4 Å². The number of carbonyl (C=O) groups excluding carboxylic acids is 1. The van der Waals surface area contributed by atoms with Crippen molar-refractivity contribution in [3.8, 4) is 0 Å². The van der Waals surface area contributed by atoms with Gasteiger partial charge in [0.15, 0.2) is 0 Å². The molecule has 0 aliphatic rings. The molecule has 0 saturated heterocycles. The number of aliphatic hydroxyl groups excluding tert-OH is 1. The largest absolute Gasteiger partial charge is 0.392 e. The molecule has 0 unspecified atom stereocenters. The van der Waals surface area contributed by atoms with Gasteiger partial charge in [0, 0.05) is 13.0 Å². The smallest absolute Gasteiger partial charge is 0.220 e. The van der Waals surface area contributed by atoms with Crippen LogP contribution in [-0.4, -0.2) is 23.7 Å². The number of amides is 1. The lowest BCUT2D eigenvalue weighted by molar-refractivity contribution is -0.121. The Kier molecular flexibility index (Phi) is 18.5. The molecule has 148 valence electrons. The van der Waals surface area contributed by atoms with Crippen LogP contribution in [0.2, 0.25) is 0 Å². The molecule has 0 fully saturated rings. The van der Waals surface area contributed by atoms with Gasteiger partial charge in [0.05, 0.1) is 6.10 Å². The van der Waals surface area contributed by atoms with Gasteiger partial charge in [-0.05, 0) is 51.9 Å². The summed E-state index contributed by atoms with van der Waals surface area (Å²) in [6, 6.07) is 0. The van der Waals surface area contributed by atoms with E-state index in [2.05, 4.69) is 60.8 Å². The first-order valence-corrected chi connectivity index (χ1v) is 10.2. The van der Waals surface area contributed by atoms with Gasteiger partial charge < -0.3 is 10.4 Å². The zero-order valence-electron chi connectivity index (χ0n) is 16.8. The summed E-state index contributed by atoms with van der Waals surface area (Å²) in [4.78, 5) is 11.4. The molecule has 0 saturated carbocycles. The van der Waals surface area contributed by atoms with Gasteiger partial charge in [0.25, 0.3) is 0 Å². The quantitative estimate of drug-likeness (QED) is 0.276. The number of aliphatic hydroxyl groups is 1. The van der Waals surface area contributed by atoms with E-state index in [9.17, 15) is 4.79 Å². The van der Waals surface area contributed by atoms with Crippen LogP contribution in [0.1, 0.15) is 78.1 Å². The van der Waals surface area contributed by atoms with Gasteiger partial charge in [-0.25, -0.2) is 0 Å². The third-order valence-corrected chi connectivity index (χ3v) is 3.83. The van der Waals surface area contributed by atoms with Crippen molar-refractivity contribution in [1.82, 2.24) is 5.32 Å². The zero-order chi connectivity index (χ0) is 19.3. The predicted octanol–water partition coefficient (Wildman–Crippen LogP) is 5.63. The van der Waals surface area contributed by atoms with Gasteiger partial charge in [-0.2, -0.15) is 0 Å². The van der Waals surface area contributed by atoms with Gasteiger partial charge in [0.2, 0.25) is 5.91 Å². The summed E-state index contributed by atoms with van der Waals surface area (Å²) < 4.78 is 0. The van der Waals surface area contributed by atoms with Crippen molar-refractivity contribution < 1.29 is 9.90 Å². The lowest BCUT2D eigenvalue weighted by atomic mass is 10.2. The van der Waals surface area contributed by atoms with Crippen molar-refractivity contribution in [2.45, 2.75) is 84.2 Å². The monoisotopic (exact) mass is 361 g/mol. The highest BCUT2D eigenvalue weighted by Gasteiger charge is 2.01. The highest BCUT2D eigenvalue weighted by atomic mass is 16.3. The normalized spacial score (nSPS) is 13.5. The molecule has 0 heterocycles. The molecule has 0 spiro atoms. The van der Waals surface area contributed by atoms with Crippen molar-refractivity contribution in [3.05, 3.63) is 48.6 Å². The number of rotatable bonds is 16. The molecule has 0 aliphatic carbocycles. The second kappa shape index (κ2) is 19.7.